The van der Waals surface area contributed by atoms with Crippen molar-refractivity contribution in [3.05, 3.63) is 72.7 Å². The van der Waals surface area contributed by atoms with Crippen LogP contribution in [0.2, 0.25) is 0 Å². The lowest BCUT2D eigenvalue weighted by molar-refractivity contribution is -0.386. The third kappa shape index (κ3) is 3.61. The zero-order valence-corrected chi connectivity index (χ0v) is 12.5. The quantitative estimate of drug-likeness (QED) is 0.652. The van der Waals surface area contributed by atoms with Crippen molar-refractivity contribution in [1.29, 1.82) is 0 Å². The molecule has 0 radical (unpaired) electrons. The number of benzene rings is 1. The molecule has 0 aliphatic rings. The van der Waals surface area contributed by atoms with E-state index in [1.807, 2.05) is 0 Å². The zero-order chi connectivity index (χ0) is 17.9. The number of nitrogens with zero attached hydrogens (tertiary/aromatic N) is 3. The van der Waals surface area contributed by atoms with Crippen molar-refractivity contribution in [3.63, 3.8) is 0 Å². The minimum Gasteiger partial charge on any atom is -0.324 e. The van der Waals surface area contributed by atoms with Crippen LogP contribution in [0.3, 0.4) is 0 Å². The lowest BCUT2D eigenvalue weighted by atomic mass is 10.2. The van der Waals surface area contributed by atoms with Crippen molar-refractivity contribution in [1.82, 2.24) is 4.57 Å². The number of nitro groups is 2. The molecule has 0 bridgehead atoms. The maximum atomic E-state index is 12.0. The van der Waals surface area contributed by atoms with Crippen LogP contribution in [0.15, 0.2) is 41.2 Å². The van der Waals surface area contributed by atoms with E-state index in [1.54, 1.807) is 0 Å². The highest BCUT2D eigenvalue weighted by molar-refractivity contribution is 5.90. The summed E-state index contributed by atoms with van der Waals surface area (Å²) in [4.78, 5) is 44.1. The minimum absolute atomic E-state index is 0.185. The number of carbonyl (C=O) groups is 1. The fraction of sp³-hybridized carbons (Fsp3) is 0.143. The molecule has 0 saturated carbocycles. The van der Waals surface area contributed by atoms with Gasteiger partial charge in [0.15, 0.2) is 0 Å². The predicted molar refractivity (Wildman–Crippen MR) is 83.8 cm³/mol. The lowest BCUT2D eigenvalue weighted by Crippen LogP contribution is -2.30. The number of nitrogens with one attached hydrogen (secondary N) is 1. The molecule has 0 aliphatic carbocycles. The molecule has 2 rings (SSSR count). The molecule has 10 heteroatoms. The number of nitro benzene ring substituents is 1. The third-order valence-corrected chi connectivity index (χ3v) is 3.21. The molecular weight excluding hydrogens is 320 g/mol. The molecule has 0 fully saturated rings. The van der Waals surface area contributed by atoms with Gasteiger partial charge in [-0.3, -0.25) is 34.4 Å². The van der Waals surface area contributed by atoms with Crippen LogP contribution in [0.5, 0.6) is 0 Å². The lowest BCUT2D eigenvalue weighted by Gasteiger charge is -2.10. The summed E-state index contributed by atoms with van der Waals surface area (Å²) >= 11 is 0. The van der Waals surface area contributed by atoms with Gasteiger partial charge < -0.3 is 5.32 Å². The molecule has 24 heavy (non-hydrogen) atoms. The van der Waals surface area contributed by atoms with Gasteiger partial charge in [-0.1, -0.05) is 6.07 Å². The highest BCUT2D eigenvalue weighted by Crippen LogP contribution is 2.17. The number of rotatable bonds is 5. The molecular formula is C14H12N4O6. The van der Waals surface area contributed by atoms with E-state index < -0.39 is 33.5 Å². The largest absolute Gasteiger partial charge is 0.334 e. The number of pyridine rings is 1. The molecule has 124 valence electrons. The highest BCUT2D eigenvalue weighted by Gasteiger charge is 2.17. The van der Waals surface area contributed by atoms with Crippen molar-refractivity contribution >= 4 is 23.0 Å². The number of aromatic nitrogens is 1. The topological polar surface area (TPSA) is 137 Å². The van der Waals surface area contributed by atoms with Gasteiger partial charge in [-0.05, 0) is 19.1 Å². The second-order valence-corrected chi connectivity index (χ2v) is 4.86. The van der Waals surface area contributed by atoms with E-state index in [2.05, 4.69) is 5.32 Å². The summed E-state index contributed by atoms with van der Waals surface area (Å²) in [6, 6.07) is 7.73. The third-order valence-electron chi connectivity index (χ3n) is 3.21. The number of hydrogen-bond donors (Lipinski definition) is 1. The van der Waals surface area contributed by atoms with Crippen molar-refractivity contribution in [2.75, 3.05) is 5.32 Å². The average molecular weight is 332 g/mol. The highest BCUT2D eigenvalue weighted by atomic mass is 16.6. The zero-order valence-electron chi connectivity index (χ0n) is 12.5. The summed E-state index contributed by atoms with van der Waals surface area (Å²) in [6.45, 7) is 1.08. The van der Waals surface area contributed by atoms with E-state index in [9.17, 15) is 29.8 Å². The Morgan fingerprint density at radius 3 is 2.50 bits per heavy atom. The van der Waals surface area contributed by atoms with Crippen molar-refractivity contribution in [2.24, 2.45) is 0 Å². The van der Waals surface area contributed by atoms with E-state index in [4.69, 9.17) is 0 Å². The first-order chi connectivity index (χ1) is 11.3. The van der Waals surface area contributed by atoms with E-state index in [-0.39, 0.29) is 11.4 Å². The van der Waals surface area contributed by atoms with Crippen molar-refractivity contribution in [3.8, 4) is 0 Å². The van der Waals surface area contributed by atoms with Crippen LogP contribution in [-0.2, 0) is 11.3 Å². The number of amides is 1. The first kappa shape index (κ1) is 16.8. The standard InChI is InChI=1S/C14H12N4O6/c1-9-5-6-12(18(23)24)14(20)16(9)8-13(19)15-10-3-2-4-11(7-10)17(21)22/h2-7H,8H2,1H3,(H,15,19). The molecule has 0 saturated heterocycles. The minimum atomic E-state index is -0.894. The Morgan fingerprint density at radius 1 is 1.17 bits per heavy atom. The van der Waals surface area contributed by atoms with Crippen LogP contribution in [-0.4, -0.2) is 20.3 Å². The Labute approximate surface area is 134 Å². The molecule has 0 atom stereocenters. The number of non-ortho nitro benzene ring substituents is 1. The SMILES string of the molecule is Cc1ccc([N+](=O)[O-])c(=O)n1CC(=O)Nc1cccc([N+](=O)[O-])c1. The molecule has 1 amide bonds. The van der Waals surface area contributed by atoms with E-state index in [0.29, 0.717) is 5.69 Å². The maximum Gasteiger partial charge on any atom is 0.334 e. The van der Waals surface area contributed by atoms with Gasteiger partial charge in [-0.2, -0.15) is 0 Å². The summed E-state index contributed by atoms with van der Waals surface area (Å²) in [5.74, 6) is -0.638. The van der Waals surface area contributed by atoms with Gasteiger partial charge in [0.1, 0.15) is 6.54 Å². The monoisotopic (exact) mass is 332 g/mol. The summed E-state index contributed by atoms with van der Waals surface area (Å²) in [7, 11) is 0. The number of anilines is 1. The fourth-order valence-corrected chi connectivity index (χ4v) is 2.04. The Kier molecular flexibility index (Phi) is 4.68. The Balaban J connectivity index is 2.23. The van der Waals surface area contributed by atoms with Gasteiger partial charge in [0.05, 0.1) is 9.85 Å². The van der Waals surface area contributed by atoms with E-state index in [0.717, 1.165) is 10.6 Å². The van der Waals surface area contributed by atoms with E-state index >= 15 is 0 Å². The second kappa shape index (κ2) is 6.69. The summed E-state index contributed by atoms with van der Waals surface area (Å²) in [6.07, 6.45) is 0. The molecule has 2 aromatic rings. The van der Waals surface area contributed by atoms with Crippen molar-refractivity contribution < 1.29 is 14.6 Å². The molecule has 0 spiro atoms. The molecule has 1 aromatic carbocycles. The number of carbonyl (C=O) groups excluding carboxylic acids is 1. The number of aryl methyl sites for hydroxylation is 1. The van der Waals surface area contributed by atoms with Crippen LogP contribution < -0.4 is 10.9 Å². The molecule has 10 nitrogen and oxygen atoms in total. The Morgan fingerprint density at radius 2 is 1.88 bits per heavy atom. The molecule has 1 N–H and O–H groups in total. The first-order valence-corrected chi connectivity index (χ1v) is 6.68. The van der Waals surface area contributed by atoms with Crippen molar-refractivity contribution in [2.45, 2.75) is 13.5 Å². The Hall–Kier alpha value is -3.56. The smallest absolute Gasteiger partial charge is 0.324 e. The van der Waals surface area contributed by atoms with Crippen LogP contribution >= 0.6 is 0 Å². The molecule has 0 unspecified atom stereocenters. The summed E-state index contributed by atoms with van der Waals surface area (Å²) in [5.41, 5.74) is -1.17. The fourth-order valence-electron chi connectivity index (χ4n) is 2.04. The summed E-state index contributed by atoms with van der Waals surface area (Å²) in [5, 5.41) is 23.9. The van der Waals surface area contributed by atoms with Crippen LogP contribution in [0.1, 0.15) is 5.69 Å². The Bertz CT molecular complexity index is 889. The van der Waals surface area contributed by atoms with Gasteiger partial charge in [-0.25, -0.2) is 0 Å². The van der Waals surface area contributed by atoms with Crippen LogP contribution in [0, 0.1) is 27.2 Å². The van der Waals surface area contributed by atoms with Gasteiger partial charge in [0.25, 0.3) is 5.69 Å². The molecule has 1 aromatic heterocycles. The van der Waals surface area contributed by atoms with Gasteiger partial charge >= 0.3 is 11.2 Å². The average Bonchev–Trinajstić information content (AvgIpc) is 2.51. The van der Waals surface area contributed by atoms with Crippen LogP contribution in [0.25, 0.3) is 0 Å². The first-order valence-electron chi connectivity index (χ1n) is 6.68. The van der Waals surface area contributed by atoms with Crippen LogP contribution in [0.4, 0.5) is 17.1 Å². The number of hydrogen-bond acceptors (Lipinski definition) is 6. The van der Waals surface area contributed by atoms with Gasteiger partial charge in [0.2, 0.25) is 5.91 Å². The maximum absolute atomic E-state index is 12.0. The second-order valence-electron chi connectivity index (χ2n) is 4.86. The van der Waals surface area contributed by atoms with E-state index in [1.165, 1.54) is 37.3 Å². The molecule has 1 heterocycles. The van der Waals surface area contributed by atoms with Gasteiger partial charge in [0, 0.05) is 29.6 Å². The van der Waals surface area contributed by atoms with Gasteiger partial charge in [-0.15, -0.1) is 0 Å². The summed E-state index contributed by atoms with van der Waals surface area (Å²) < 4.78 is 0.963. The normalized spacial score (nSPS) is 10.2. The predicted octanol–water partition coefficient (Wildman–Crippen LogP) is 1.61. The molecule has 0 aliphatic heterocycles.